The first-order valence-electron chi connectivity index (χ1n) is 7.70. The van der Waals surface area contributed by atoms with E-state index in [1.807, 2.05) is 49.4 Å². The van der Waals surface area contributed by atoms with Crippen LogP contribution in [0.5, 0.6) is 0 Å². The minimum Gasteiger partial charge on any atom is -0.326 e. The second-order valence-corrected chi connectivity index (χ2v) is 5.92. The van der Waals surface area contributed by atoms with E-state index in [9.17, 15) is 9.59 Å². The molecular formula is C19H22N2O2. The van der Waals surface area contributed by atoms with Gasteiger partial charge < -0.3 is 10.6 Å². The number of anilines is 2. The van der Waals surface area contributed by atoms with Gasteiger partial charge in [0, 0.05) is 11.4 Å². The summed E-state index contributed by atoms with van der Waals surface area (Å²) in [5, 5.41) is 5.46. The third-order valence-electron chi connectivity index (χ3n) is 3.48. The number of rotatable bonds is 5. The Morgan fingerprint density at radius 2 is 1.52 bits per heavy atom. The number of benzene rings is 2. The Morgan fingerprint density at radius 3 is 2.09 bits per heavy atom. The zero-order chi connectivity index (χ0) is 16.8. The molecule has 2 aromatic carbocycles. The van der Waals surface area contributed by atoms with E-state index in [2.05, 4.69) is 24.5 Å². The summed E-state index contributed by atoms with van der Waals surface area (Å²) in [6, 6.07) is 15.1. The molecule has 4 nitrogen and oxygen atoms in total. The summed E-state index contributed by atoms with van der Waals surface area (Å²) in [4.78, 5) is 23.8. The van der Waals surface area contributed by atoms with Crippen LogP contribution in [0.15, 0.2) is 48.5 Å². The van der Waals surface area contributed by atoms with Crippen LogP contribution in [0.3, 0.4) is 0 Å². The molecule has 0 aliphatic rings. The standard InChI is InChI=1S/C19H22N2O2/c1-13(2)15-7-9-16(10-8-15)20-18(22)12-19(23)21-17-6-4-5-14(3)11-17/h4-11,13H,12H2,1-3H3,(H,20,22)(H,21,23). The van der Waals surface area contributed by atoms with Crippen LogP contribution in [0.25, 0.3) is 0 Å². The first-order chi connectivity index (χ1) is 10.9. The van der Waals surface area contributed by atoms with Crippen LogP contribution in [0.4, 0.5) is 11.4 Å². The maximum atomic E-state index is 11.9. The molecule has 23 heavy (non-hydrogen) atoms. The van der Waals surface area contributed by atoms with Gasteiger partial charge in [0.25, 0.3) is 0 Å². The summed E-state index contributed by atoms with van der Waals surface area (Å²) in [6.45, 7) is 6.18. The van der Waals surface area contributed by atoms with Gasteiger partial charge in [-0.25, -0.2) is 0 Å². The summed E-state index contributed by atoms with van der Waals surface area (Å²) in [5.41, 5.74) is 3.66. The van der Waals surface area contributed by atoms with E-state index in [4.69, 9.17) is 0 Å². The lowest BCUT2D eigenvalue weighted by Gasteiger charge is -2.09. The van der Waals surface area contributed by atoms with Crippen molar-refractivity contribution in [3.63, 3.8) is 0 Å². The molecule has 2 rings (SSSR count). The van der Waals surface area contributed by atoms with E-state index in [0.29, 0.717) is 17.3 Å². The Kier molecular flexibility index (Phi) is 5.52. The van der Waals surface area contributed by atoms with E-state index in [1.54, 1.807) is 6.07 Å². The molecule has 2 amide bonds. The monoisotopic (exact) mass is 310 g/mol. The highest BCUT2D eigenvalue weighted by molar-refractivity contribution is 6.08. The molecule has 0 saturated carbocycles. The van der Waals surface area contributed by atoms with Crippen molar-refractivity contribution in [1.82, 2.24) is 0 Å². The normalized spacial score (nSPS) is 10.4. The highest BCUT2D eigenvalue weighted by Crippen LogP contribution is 2.17. The predicted octanol–water partition coefficient (Wildman–Crippen LogP) is 4.09. The van der Waals surface area contributed by atoms with E-state index >= 15 is 0 Å². The van der Waals surface area contributed by atoms with Crippen molar-refractivity contribution < 1.29 is 9.59 Å². The molecule has 4 heteroatoms. The van der Waals surface area contributed by atoms with Gasteiger partial charge in [-0.1, -0.05) is 38.1 Å². The number of nitrogens with one attached hydrogen (secondary N) is 2. The van der Waals surface area contributed by atoms with Crippen molar-refractivity contribution in [2.45, 2.75) is 33.1 Å². The topological polar surface area (TPSA) is 58.2 Å². The number of carbonyl (C=O) groups is 2. The lowest BCUT2D eigenvalue weighted by Crippen LogP contribution is -2.21. The highest BCUT2D eigenvalue weighted by Gasteiger charge is 2.10. The maximum absolute atomic E-state index is 11.9. The summed E-state index contributed by atoms with van der Waals surface area (Å²) < 4.78 is 0. The molecule has 2 N–H and O–H groups in total. The summed E-state index contributed by atoms with van der Waals surface area (Å²) in [5.74, 6) is -0.209. The van der Waals surface area contributed by atoms with Crippen LogP contribution in [0.2, 0.25) is 0 Å². The number of hydrogen-bond acceptors (Lipinski definition) is 2. The molecule has 120 valence electrons. The van der Waals surface area contributed by atoms with Gasteiger partial charge in [0.2, 0.25) is 11.8 Å². The van der Waals surface area contributed by atoms with E-state index in [-0.39, 0.29) is 18.2 Å². The number of hydrogen-bond donors (Lipinski definition) is 2. The first-order valence-corrected chi connectivity index (χ1v) is 7.70. The Bertz CT molecular complexity index is 691. The SMILES string of the molecule is Cc1cccc(NC(=O)CC(=O)Nc2ccc(C(C)C)cc2)c1. The first kappa shape index (κ1) is 16.7. The quantitative estimate of drug-likeness (QED) is 0.817. The Labute approximate surface area is 136 Å². The molecule has 0 aromatic heterocycles. The van der Waals surface area contributed by atoms with Crippen LogP contribution in [-0.4, -0.2) is 11.8 Å². The van der Waals surface area contributed by atoms with Gasteiger partial charge in [0.1, 0.15) is 6.42 Å². The van der Waals surface area contributed by atoms with Crippen molar-refractivity contribution >= 4 is 23.2 Å². The second kappa shape index (κ2) is 7.58. The molecule has 2 aromatic rings. The molecular weight excluding hydrogens is 288 g/mol. The van der Waals surface area contributed by atoms with Crippen molar-refractivity contribution in [2.75, 3.05) is 10.6 Å². The summed E-state index contributed by atoms with van der Waals surface area (Å²) in [6.07, 6.45) is -0.208. The highest BCUT2D eigenvalue weighted by atomic mass is 16.2. The summed E-state index contributed by atoms with van der Waals surface area (Å²) >= 11 is 0. The van der Waals surface area contributed by atoms with Crippen LogP contribution in [0.1, 0.15) is 37.3 Å². The van der Waals surface area contributed by atoms with E-state index in [0.717, 1.165) is 5.56 Å². The average Bonchev–Trinajstić information content (AvgIpc) is 2.47. The largest absolute Gasteiger partial charge is 0.326 e. The zero-order valence-corrected chi connectivity index (χ0v) is 13.7. The molecule has 0 aliphatic heterocycles. The third-order valence-corrected chi connectivity index (χ3v) is 3.48. The van der Waals surface area contributed by atoms with Crippen molar-refractivity contribution in [2.24, 2.45) is 0 Å². The Balaban J connectivity index is 1.87. The molecule has 0 fully saturated rings. The van der Waals surface area contributed by atoms with Gasteiger partial charge in [-0.2, -0.15) is 0 Å². The molecule has 0 radical (unpaired) electrons. The minimum atomic E-state index is -0.327. The predicted molar refractivity (Wildman–Crippen MR) is 93.6 cm³/mol. The fraction of sp³-hybridized carbons (Fsp3) is 0.263. The van der Waals surface area contributed by atoms with Gasteiger partial charge in [-0.3, -0.25) is 9.59 Å². The molecule has 0 bridgehead atoms. The average molecular weight is 310 g/mol. The zero-order valence-electron chi connectivity index (χ0n) is 13.7. The van der Waals surface area contributed by atoms with Crippen LogP contribution in [-0.2, 0) is 9.59 Å². The van der Waals surface area contributed by atoms with Crippen molar-refractivity contribution in [3.8, 4) is 0 Å². The van der Waals surface area contributed by atoms with E-state index < -0.39 is 0 Å². The van der Waals surface area contributed by atoms with Crippen LogP contribution >= 0.6 is 0 Å². The fourth-order valence-corrected chi connectivity index (χ4v) is 2.23. The smallest absolute Gasteiger partial charge is 0.233 e. The number of amides is 2. The van der Waals surface area contributed by atoms with Crippen molar-refractivity contribution in [1.29, 1.82) is 0 Å². The minimum absolute atomic E-state index is 0.208. The van der Waals surface area contributed by atoms with E-state index in [1.165, 1.54) is 5.56 Å². The van der Waals surface area contributed by atoms with Gasteiger partial charge in [0.15, 0.2) is 0 Å². The molecule has 0 unspecified atom stereocenters. The lowest BCUT2D eigenvalue weighted by molar-refractivity contribution is -0.123. The fourth-order valence-electron chi connectivity index (χ4n) is 2.23. The second-order valence-electron chi connectivity index (χ2n) is 5.92. The molecule has 0 aliphatic carbocycles. The maximum Gasteiger partial charge on any atom is 0.233 e. The molecule has 0 saturated heterocycles. The van der Waals surface area contributed by atoms with Gasteiger partial charge in [0.05, 0.1) is 0 Å². The molecule has 0 heterocycles. The van der Waals surface area contributed by atoms with Gasteiger partial charge >= 0.3 is 0 Å². The third kappa shape index (κ3) is 5.25. The summed E-state index contributed by atoms with van der Waals surface area (Å²) in [7, 11) is 0. The number of carbonyl (C=O) groups excluding carboxylic acids is 2. The molecule has 0 atom stereocenters. The molecule has 0 spiro atoms. The lowest BCUT2D eigenvalue weighted by atomic mass is 10.0. The van der Waals surface area contributed by atoms with Crippen LogP contribution < -0.4 is 10.6 Å². The van der Waals surface area contributed by atoms with Crippen molar-refractivity contribution in [3.05, 3.63) is 59.7 Å². The van der Waals surface area contributed by atoms with Gasteiger partial charge in [-0.05, 0) is 48.2 Å². The Hall–Kier alpha value is -2.62. The van der Waals surface area contributed by atoms with Gasteiger partial charge in [-0.15, -0.1) is 0 Å². The Morgan fingerprint density at radius 1 is 0.913 bits per heavy atom. The number of aryl methyl sites for hydroxylation is 1. The van der Waals surface area contributed by atoms with Crippen LogP contribution in [0, 0.1) is 6.92 Å².